The Morgan fingerprint density at radius 1 is 1.54 bits per heavy atom. The minimum absolute atomic E-state index is 0.113. The van der Waals surface area contributed by atoms with E-state index < -0.39 is 17.8 Å². The van der Waals surface area contributed by atoms with Crippen LogP contribution in [0.4, 0.5) is 13.2 Å². The van der Waals surface area contributed by atoms with Gasteiger partial charge in [-0.3, -0.25) is 0 Å². The van der Waals surface area contributed by atoms with Gasteiger partial charge in [-0.1, -0.05) is 6.08 Å². The summed E-state index contributed by atoms with van der Waals surface area (Å²) in [6, 6.07) is 0.292. The molecule has 0 saturated heterocycles. The van der Waals surface area contributed by atoms with E-state index in [1.165, 1.54) is 11.5 Å². The molecule has 1 atom stereocenters. The van der Waals surface area contributed by atoms with E-state index in [2.05, 4.69) is 6.58 Å². The SMILES string of the molecule is C=C[C@@H](N)c1sccc1C(F)(F)F. The summed E-state index contributed by atoms with van der Waals surface area (Å²) in [4.78, 5) is 0.113. The fourth-order valence-electron chi connectivity index (χ4n) is 0.920. The number of rotatable bonds is 2. The molecular formula is C8H8F3NS. The van der Waals surface area contributed by atoms with Crippen LogP contribution >= 0.6 is 11.3 Å². The highest BCUT2D eigenvalue weighted by atomic mass is 32.1. The summed E-state index contributed by atoms with van der Waals surface area (Å²) in [5, 5.41) is 1.38. The van der Waals surface area contributed by atoms with Crippen molar-refractivity contribution in [2.24, 2.45) is 5.73 Å². The van der Waals surface area contributed by atoms with Crippen LogP contribution in [0.25, 0.3) is 0 Å². The lowest BCUT2D eigenvalue weighted by molar-refractivity contribution is -0.137. The summed E-state index contributed by atoms with van der Waals surface area (Å²) in [5.74, 6) is 0. The van der Waals surface area contributed by atoms with Crippen molar-refractivity contribution in [3.63, 3.8) is 0 Å². The maximum atomic E-state index is 12.3. The van der Waals surface area contributed by atoms with Crippen molar-refractivity contribution in [3.8, 4) is 0 Å². The first-order valence-electron chi connectivity index (χ1n) is 3.49. The lowest BCUT2D eigenvalue weighted by Gasteiger charge is -2.10. The lowest BCUT2D eigenvalue weighted by Crippen LogP contribution is -2.12. The second-order valence-electron chi connectivity index (χ2n) is 2.46. The van der Waals surface area contributed by atoms with Gasteiger partial charge in [0.05, 0.1) is 11.6 Å². The minimum Gasteiger partial charge on any atom is -0.320 e. The molecule has 1 heterocycles. The van der Waals surface area contributed by atoms with E-state index in [-0.39, 0.29) is 4.88 Å². The van der Waals surface area contributed by atoms with Crippen LogP contribution in [0.15, 0.2) is 24.1 Å². The molecule has 1 rings (SSSR count). The molecule has 0 saturated carbocycles. The van der Waals surface area contributed by atoms with Gasteiger partial charge in [-0.2, -0.15) is 13.2 Å². The number of hydrogen-bond acceptors (Lipinski definition) is 2. The molecule has 0 aromatic carbocycles. The molecule has 0 spiro atoms. The zero-order valence-corrected chi connectivity index (χ0v) is 7.45. The van der Waals surface area contributed by atoms with Crippen LogP contribution in [-0.2, 0) is 6.18 Å². The number of nitrogens with two attached hydrogens (primary N) is 1. The third-order valence-corrected chi connectivity index (χ3v) is 2.58. The molecule has 0 aliphatic heterocycles. The molecule has 0 amide bonds. The highest BCUT2D eigenvalue weighted by molar-refractivity contribution is 7.10. The van der Waals surface area contributed by atoms with Crippen LogP contribution in [0.3, 0.4) is 0 Å². The van der Waals surface area contributed by atoms with Crippen LogP contribution in [0.1, 0.15) is 16.5 Å². The zero-order chi connectivity index (χ0) is 10.1. The van der Waals surface area contributed by atoms with E-state index >= 15 is 0 Å². The molecule has 0 unspecified atom stereocenters. The molecule has 5 heteroatoms. The summed E-state index contributed by atoms with van der Waals surface area (Å²) < 4.78 is 36.9. The van der Waals surface area contributed by atoms with E-state index in [1.807, 2.05) is 0 Å². The molecule has 2 N–H and O–H groups in total. The smallest absolute Gasteiger partial charge is 0.320 e. The number of halogens is 3. The quantitative estimate of drug-likeness (QED) is 0.741. The molecule has 0 fully saturated rings. The van der Waals surface area contributed by atoms with Gasteiger partial charge in [-0.05, 0) is 11.4 Å². The Morgan fingerprint density at radius 2 is 2.15 bits per heavy atom. The van der Waals surface area contributed by atoms with Gasteiger partial charge in [0.15, 0.2) is 0 Å². The normalized spacial score (nSPS) is 14.2. The minimum atomic E-state index is -4.32. The lowest BCUT2D eigenvalue weighted by atomic mass is 10.1. The average molecular weight is 207 g/mol. The van der Waals surface area contributed by atoms with Gasteiger partial charge in [-0.25, -0.2) is 0 Å². The molecular weight excluding hydrogens is 199 g/mol. The molecule has 0 aliphatic carbocycles. The van der Waals surface area contributed by atoms with Gasteiger partial charge >= 0.3 is 6.18 Å². The Hall–Kier alpha value is -0.810. The van der Waals surface area contributed by atoms with E-state index in [0.29, 0.717) is 0 Å². The molecule has 1 nitrogen and oxygen atoms in total. The van der Waals surface area contributed by atoms with Crippen LogP contribution in [0, 0.1) is 0 Å². The van der Waals surface area contributed by atoms with Gasteiger partial charge in [0.25, 0.3) is 0 Å². The third-order valence-electron chi connectivity index (χ3n) is 1.56. The molecule has 13 heavy (non-hydrogen) atoms. The predicted octanol–water partition coefficient (Wildman–Crippen LogP) is 2.95. The molecule has 1 aromatic heterocycles. The van der Waals surface area contributed by atoms with E-state index in [9.17, 15) is 13.2 Å². The molecule has 0 radical (unpaired) electrons. The van der Waals surface area contributed by atoms with E-state index in [0.717, 1.165) is 17.4 Å². The Labute approximate surface area is 77.7 Å². The largest absolute Gasteiger partial charge is 0.417 e. The first kappa shape index (κ1) is 10.3. The molecule has 0 bridgehead atoms. The third kappa shape index (κ3) is 2.10. The molecule has 0 aliphatic rings. The Balaban J connectivity index is 3.10. The first-order chi connectivity index (χ1) is 5.96. The average Bonchev–Trinajstić information content (AvgIpc) is 2.49. The van der Waals surface area contributed by atoms with Gasteiger partial charge in [0.2, 0.25) is 0 Å². The van der Waals surface area contributed by atoms with E-state index in [4.69, 9.17) is 5.73 Å². The summed E-state index contributed by atoms with van der Waals surface area (Å²) in [7, 11) is 0. The Kier molecular flexibility index (Phi) is 2.77. The van der Waals surface area contributed by atoms with Crippen LogP contribution < -0.4 is 5.73 Å². The van der Waals surface area contributed by atoms with Crippen molar-refractivity contribution >= 4 is 11.3 Å². The van der Waals surface area contributed by atoms with Gasteiger partial charge in [0, 0.05) is 4.88 Å². The first-order valence-corrected chi connectivity index (χ1v) is 4.37. The second kappa shape index (κ2) is 3.51. The summed E-state index contributed by atoms with van der Waals surface area (Å²) in [6.45, 7) is 3.35. The molecule has 72 valence electrons. The summed E-state index contributed by atoms with van der Waals surface area (Å²) in [5.41, 5.74) is 4.77. The summed E-state index contributed by atoms with van der Waals surface area (Å²) >= 11 is 0.993. The number of thiophene rings is 1. The summed E-state index contributed by atoms with van der Waals surface area (Å²) in [6.07, 6.45) is -3.03. The van der Waals surface area contributed by atoms with Crippen molar-refractivity contribution in [2.45, 2.75) is 12.2 Å². The van der Waals surface area contributed by atoms with E-state index in [1.54, 1.807) is 0 Å². The van der Waals surface area contributed by atoms with Crippen molar-refractivity contribution in [1.29, 1.82) is 0 Å². The van der Waals surface area contributed by atoms with Crippen LogP contribution in [0.5, 0.6) is 0 Å². The van der Waals surface area contributed by atoms with Crippen LogP contribution in [0.2, 0.25) is 0 Å². The maximum absolute atomic E-state index is 12.3. The highest BCUT2D eigenvalue weighted by Gasteiger charge is 2.34. The van der Waals surface area contributed by atoms with Crippen molar-refractivity contribution in [3.05, 3.63) is 34.5 Å². The maximum Gasteiger partial charge on any atom is 0.417 e. The fourth-order valence-corrected chi connectivity index (χ4v) is 1.84. The van der Waals surface area contributed by atoms with Gasteiger partial charge in [0.1, 0.15) is 0 Å². The van der Waals surface area contributed by atoms with Crippen molar-refractivity contribution in [2.75, 3.05) is 0 Å². The monoisotopic (exact) mass is 207 g/mol. The highest BCUT2D eigenvalue weighted by Crippen LogP contribution is 2.37. The van der Waals surface area contributed by atoms with Crippen molar-refractivity contribution in [1.82, 2.24) is 0 Å². The van der Waals surface area contributed by atoms with Gasteiger partial charge in [-0.15, -0.1) is 17.9 Å². The fraction of sp³-hybridized carbons (Fsp3) is 0.250. The molecule has 1 aromatic rings. The van der Waals surface area contributed by atoms with Gasteiger partial charge < -0.3 is 5.73 Å². The van der Waals surface area contributed by atoms with Crippen LogP contribution in [-0.4, -0.2) is 0 Å². The second-order valence-corrected chi connectivity index (χ2v) is 3.41. The standard InChI is InChI=1S/C8H8F3NS/c1-2-6(12)7-5(3-4-13-7)8(9,10)11/h2-4,6H,1,12H2/t6-/m1/s1. The topological polar surface area (TPSA) is 26.0 Å². The number of hydrogen-bond donors (Lipinski definition) is 1. The number of alkyl halides is 3. The Bertz CT molecular complexity index is 303. The Morgan fingerprint density at radius 3 is 2.62 bits per heavy atom. The zero-order valence-electron chi connectivity index (χ0n) is 6.64. The van der Waals surface area contributed by atoms with Crippen molar-refractivity contribution < 1.29 is 13.2 Å². The predicted molar refractivity (Wildman–Crippen MR) is 46.4 cm³/mol.